The van der Waals surface area contributed by atoms with Gasteiger partial charge >= 0.3 is 0 Å². The molecule has 0 aromatic heterocycles. The molecule has 1 aromatic carbocycles. The van der Waals surface area contributed by atoms with Crippen molar-refractivity contribution in [3.63, 3.8) is 0 Å². The second-order valence-electron chi connectivity index (χ2n) is 3.97. The highest BCUT2D eigenvalue weighted by molar-refractivity contribution is 6.00. The van der Waals surface area contributed by atoms with Crippen molar-refractivity contribution in [2.45, 2.75) is 33.2 Å². The van der Waals surface area contributed by atoms with Gasteiger partial charge in [0.25, 0.3) is 0 Å². The normalized spacial score (nSPS) is 12.2. The lowest BCUT2D eigenvalue weighted by Gasteiger charge is -2.31. The number of hydrogen-bond acceptors (Lipinski definition) is 2. The highest BCUT2D eigenvalue weighted by Crippen LogP contribution is 2.22. The standard InChI is InChI=1S/C13H21N3/c1-4-10(3)16(5-2)12-9-7-6-8-11(12)13(14)15/h6-10H,4-5H2,1-3H3,(H3,14,15). The third-order valence-electron chi connectivity index (χ3n) is 2.97. The van der Waals surface area contributed by atoms with Crippen molar-refractivity contribution in [2.75, 3.05) is 11.4 Å². The maximum Gasteiger partial charge on any atom is 0.124 e. The van der Waals surface area contributed by atoms with Gasteiger partial charge in [-0.05, 0) is 32.4 Å². The fraction of sp³-hybridized carbons (Fsp3) is 0.462. The summed E-state index contributed by atoms with van der Waals surface area (Å²) in [6.07, 6.45) is 1.08. The molecule has 88 valence electrons. The number of nitrogens with two attached hydrogens (primary N) is 1. The van der Waals surface area contributed by atoms with E-state index in [0.29, 0.717) is 6.04 Å². The van der Waals surface area contributed by atoms with Gasteiger partial charge in [0.05, 0.1) is 0 Å². The first-order valence-electron chi connectivity index (χ1n) is 5.81. The second kappa shape index (κ2) is 5.54. The Bertz CT molecular complexity index is 360. The van der Waals surface area contributed by atoms with Gasteiger partial charge in [-0.2, -0.15) is 0 Å². The number of nitrogens with one attached hydrogen (secondary N) is 1. The van der Waals surface area contributed by atoms with Crippen molar-refractivity contribution in [1.82, 2.24) is 0 Å². The summed E-state index contributed by atoms with van der Waals surface area (Å²) < 4.78 is 0. The Hall–Kier alpha value is -1.51. The van der Waals surface area contributed by atoms with Crippen molar-refractivity contribution in [1.29, 1.82) is 5.41 Å². The SMILES string of the molecule is CCC(C)N(CC)c1ccccc1C(=N)N. The van der Waals surface area contributed by atoms with Crippen LogP contribution >= 0.6 is 0 Å². The zero-order chi connectivity index (χ0) is 12.1. The van der Waals surface area contributed by atoms with Gasteiger partial charge in [0.1, 0.15) is 5.84 Å². The molecule has 0 aliphatic heterocycles. The Morgan fingerprint density at radius 1 is 1.38 bits per heavy atom. The molecular formula is C13H21N3. The third-order valence-corrected chi connectivity index (χ3v) is 2.97. The number of benzene rings is 1. The third kappa shape index (κ3) is 2.54. The Balaban J connectivity index is 3.14. The van der Waals surface area contributed by atoms with E-state index in [-0.39, 0.29) is 5.84 Å². The van der Waals surface area contributed by atoms with Crippen molar-refractivity contribution in [2.24, 2.45) is 5.73 Å². The van der Waals surface area contributed by atoms with Gasteiger partial charge < -0.3 is 10.6 Å². The predicted octanol–water partition coefficient (Wildman–Crippen LogP) is 2.60. The zero-order valence-corrected chi connectivity index (χ0v) is 10.3. The van der Waals surface area contributed by atoms with Crippen LogP contribution in [0.5, 0.6) is 0 Å². The van der Waals surface area contributed by atoms with Crippen LogP contribution in [0.15, 0.2) is 24.3 Å². The van der Waals surface area contributed by atoms with Gasteiger partial charge in [0, 0.05) is 23.8 Å². The molecule has 0 aliphatic carbocycles. The van der Waals surface area contributed by atoms with Crippen LogP contribution in [0.2, 0.25) is 0 Å². The van der Waals surface area contributed by atoms with Crippen LogP contribution in [0.25, 0.3) is 0 Å². The number of rotatable bonds is 5. The summed E-state index contributed by atoms with van der Waals surface area (Å²) in [4.78, 5) is 2.29. The molecule has 0 fully saturated rings. The number of nitrogens with zero attached hydrogens (tertiary/aromatic N) is 1. The Morgan fingerprint density at radius 3 is 2.50 bits per heavy atom. The van der Waals surface area contributed by atoms with E-state index in [4.69, 9.17) is 11.1 Å². The van der Waals surface area contributed by atoms with Crippen LogP contribution in [0.4, 0.5) is 5.69 Å². The van der Waals surface area contributed by atoms with Gasteiger partial charge in [-0.1, -0.05) is 19.1 Å². The minimum Gasteiger partial charge on any atom is -0.384 e. The number of nitrogen functional groups attached to an aromatic ring is 1. The van der Waals surface area contributed by atoms with Crippen LogP contribution in [-0.2, 0) is 0 Å². The topological polar surface area (TPSA) is 53.1 Å². The quantitative estimate of drug-likeness (QED) is 0.591. The fourth-order valence-corrected chi connectivity index (χ4v) is 1.89. The van der Waals surface area contributed by atoms with E-state index in [2.05, 4.69) is 25.7 Å². The molecule has 0 amide bonds. The molecule has 1 unspecified atom stereocenters. The van der Waals surface area contributed by atoms with E-state index in [1.54, 1.807) is 0 Å². The van der Waals surface area contributed by atoms with E-state index in [1.165, 1.54) is 0 Å². The predicted molar refractivity (Wildman–Crippen MR) is 70.2 cm³/mol. The lowest BCUT2D eigenvalue weighted by molar-refractivity contribution is 0.629. The minimum absolute atomic E-state index is 0.136. The largest absolute Gasteiger partial charge is 0.384 e. The molecule has 16 heavy (non-hydrogen) atoms. The summed E-state index contributed by atoms with van der Waals surface area (Å²) in [6, 6.07) is 8.32. The number of anilines is 1. The zero-order valence-electron chi connectivity index (χ0n) is 10.3. The molecule has 0 bridgehead atoms. The fourth-order valence-electron chi connectivity index (χ4n) is 1.89. The van der Waals surface area contributed by atoms with Crippen LogP contribution in [0, 0.1) is 5.41 Å². The highest BCUT2D eigenvalue weighted by atomic mass is 15.2. The summed E-state index contributed by atoms with van der Waals surface area (Å²) in [7, 11) is 0. The smallest absolute Gasteiger partial charge is 0.124 e. The molecule has 3 N–H and O–H groups in total. The van der Waals surface area contributed by atoms with Crippen LogP contribution in [0.3, 0.4) is 0 Å². The Labute approximate surface area is 97.8 Å². The molecule has 3 heteroatoms. The molecule has 1 aromatic rings. The molecule has 0 spiro atoms. The van der Waals surface area contributed by atoms with Crippen molar-refractivity contribution >= 4 is 11.5 Å². The highest BCUT2D eigenvalue weighted by Gasteiger charge is 2.15. The average molecular weight is 219 g/mol. The van der Waals surface area contributed by atoms with Gasteiger partial charge in [-0.3, -0.25) is 5.41 Å². The van der Waals surface area contributed by atoms with Crippen LogP contribution in [0.1, 0.15) is 32.8 Å². The molecule has 0 saturated heterocycles. The molecule has 0 aliphatic rings. The molecule has 3 nitrogen and oxygen atoms in total. The summed E-state index contributed by atoms with van der Waals surface area (Å²) in [5, 5.41) is 7.59. The molecule has 1 rings (SSSR count). The van der Waals surface area contributed by atoms with E-state index < -0.39 is 0 Å². The summed E-state index contributed by atoms with van der Waals surface area (Å²) in [6.45, 7) is 7.42. The Kier molecular flexibility index (Phi) is 4.35. The average Bonchev–Trinajstić information content (AvgIpc) is 2.30. The Morgan fingerprint density at radius 2 is 2.00 bits per heavy atom. The molecule has 0 heterocycles. The number of amidine groups is 1. The van der Waals surface area contributed by atoms with E-state index in [0.717, 1.165) is 24.2 Å². The number of para-hydroxylation sites is 1. The number of hydrogen-bond donors (Lipinski definition) is 2. The molecule has 1 atom stereocenters. The molecule has 0 saturated carbocycles. The minimum atomic E-state index is 0.136. The van der Waals surface area contributed by atoms with E-state index in [9.17, 15) is 0 Å². The van der Waals surface area contributed by atoms with Gasteiger partial charge in [-0.25, -0.2) is 0 Å². The molecule has 0 radical (unpaired) electrons. The first-order chi connectivity index (χ1) is 7.61. The first kappa shape index (κ1) is 12.6. The lowest BCUT2D eigenvalue weighted by Crippen LogP contribution is -2.34. The van der Waals surface area contributed by atoms with E-state index >= 15 is 0 Å². The van der Waals surface area contributed by atoms with Crippen LogP contribution in [-0.4, -0.2) is 18.4 Å². The maximum absolute atomic E-state index is 7.59. The monoisotopic (exact) mass is 219 g/mol. The summed E-state index contributed by atoms with van der Waals surface area (Å²) in [5.74, 6) is 0.136. The van der Waals surface area contributed by atoms with Gasteiger partial charge in [-0.15, -0.1) is 0 Å². The van der Waals surface area contributed by atoms with Crippen molar-refractivity contribution < 1.29 is 0 Å². The molecular weight excluding hydrogens is 198 g/mol. The lowest BCUT2D eigenvalue weighted by atomic mass is 10.1. The first-order valence-corrected chi connectivity index (χ1v) is 5.81. The van der Waals surface area contributed by atoms with Crippen LogP contribution < -0.4 is 10.6 Å². The summed E-state index contributed by atoms with van der Waals surface area (Å²) >= 11 is 0. The van der Waals surface area contributed by atoms with Crippen molar-refractivity contribution in [3.05, 3.63) is 29.8 Å². The second-order valence-corrected chi connectivity index (χ2v) is 3.97. The van der Waals surface area contributed by atoms with Gasteiger partial charge in [0.2, 0.25) is 0 Å². The van der Waals surface area contributed by atoms with Crippen molar-refractivity contribution in [3.8, 4) is 0 Å². The maximum atomic E-state index is 7.59. The van der Waals surface area contributed by atoms with E-state index in [1.807, 2.05) is 24.3 Å². The summed E-state index contributed by atoms with van der Waals surface area (Å²) in [5.41, 5.74) is 7.49. The van der Waals surface area contributed by atoms with Gasteiger partial charge in [0.15, 0.2) is 0 Å².